The van der Waals surface area contributed by atoms with Crippen molar-refractivity contribution in [3.63, 3.8) is 0 Å². The summed E-state index contributed by atoms with van der Waals surface area (Å²) in [6, 6.07) is 0. The fraction of sp³-hybridized carbons (Fsp3) is 0.875. The van der Waals surface area contributed by atoms with Crippen molar-refractivity contribution in [1.82, 2.24) is 4.90 Å². The maximum Gasteiger partial charge on any atom is 0.241 e. The van der Waals surface area contributed by atoms with E-state index in [1.165, 1.54) is 0 Å². The van der Waals surface area contributed by atoms with Gasteiger partial charge in [0.25, 0.3) is 0 Å². The highest BCUT2D eigenvalue weighted by atomic mass is 35.5. The van der Waals surface area contributed by atoms with Crippen LogP contribution in [0, 0.1) is 0 Å². The summed E-state index contributed by atoms with van der Waals surface area (Å²) in [6.07, 6.45) is 4.24. The largest absolute Gasteiger partial charge is 0.290 e. The van der Waals surface area contributed by atoms with Gasteiger partial charge in [-0.2, -0.15) is 0 Å². The van der Waals surface area contributed by atoms with Gasteiger partial charge in [-0.05, 0) is 50.4 Å². The summed E-state index contributed by atoms with van der Waals surface area (Å²) in [5.74, 6) is 0. The lowest BCUT2D eigenvalue weighted by Gasteiger charge is -2.27. The summed E-state index contributed by atoms with van der Waals surface area (Å²) in [5.41, 5.74) is -0.235. The fourth-order valence-corrected chi connectivity index (χ4v) is 2.74. The topological polar surface area (TPSA) is 20.3 Å². The van der Waals surface area contributed by atoms with Crippen LogP contribution in [0.25, 0.3) is 0 Å². The van der Waals surface area contributed by atoms with Crippen molar-refractivity contribution in [3.8, 4) is 0 Å². The van der Waals surface area contributed by atoms with E-state index in [9.17, 15) is 4.79 Å². The van der Waals surface area contributed by atoms with Gasteiger partial charge in [-0.25, -0.2) is 0 Å². The van der Waals surface area contributed by atoms with Crippen LogP contribution >= 0.6 is 11.6 Å². The zero-order valence-electron chi connectivity index (χ0n) is 6.48. The van der Waals surface area contributed by atoms with Gasteiger partial charge in [0.05, 0.1) is 5.54 Å². The monoisotopic (exact) mass is 173 g/mol. The molecule has 0 spiro atoms. The van der Waals surface area contributed by atoms with E-state index in [2.05, 4.69) is 4.90 Å². The van der Waals surface area contributed by atoms with Crippen LogP contribution in [-0.2, 0) is 4.79 Å². The molecule has 0 radical (unpaired) electrons. The van der Waals surface area contributed by atoms with Crippen molar-refractivity contribution >= 4 is 16.8 Å². The molecule has 0 unspecified atom stereocenters. The molecule has 62 valence electrons. The first kappa shape index (κ1) is 7.56. The van der Waals surface area contributed by atoms with Crippen LogP contribution in [0.2, 0.25) is 0 Å². The Hall–Kier alpha value is -0.0800. The Bertz CT molecular complexity index is 183. The van der Waals surface area contributed by atoms with E-state index < -0.39 is 0 Å². The van der Waals surface area contributed by atoms with Crippen molar-refractivity contribution in [2.45, 2.75) is 31.2 Å². The number of hydrogen-bond donors (Lipinski definition) is 0. The molecule has 0 aromatic rings. The Balaban J connectivity index is 2.26. The minimum atomic E-state index is -0.235. The first-order valence-corrected chi connectivity index (χ1v) is 4.58. The first-order valence-electron chi connectivity index (χ1n) is 4.21. The zero-order chi connectivity index (χ0) is 7.90. The van der Waals surface area contributed by atoms with Crippen LogP contribution in [0.3, 0.4) is 0 Å². The molecule has 0 amide bonds. The van der Waals surface area contributed by atoms with Crippen molar-refractivity contribution in [2.24, 2.45) is 0 Å². The second-order valence-corrected chi connectivity index (χ2v) is 3.84. The van der Waals surface area contributed by atoms with Crippen LogP contribution in [0.5, 0.6) is 0 Å². The number of halogens is 1. The average molecular weight is 174 g/mol. The van der Waals surface area contributed by atoms with E-state index in [1.807, 2.05) is 0 Å². The second-order valence-electron chi connectivity index (χ2n) is 3.50. The van der Waals surface area contributed by atoms with Gasteiger partial charge in [0.2, 0.25) is 5.24 Å². The molecule has 0 aromatic heterocycles. The lowest BCUT2D eigenvalue weighted by molar-refractivity contribution is -0.119. The summed E-state index contributed by atoms with van der Waals surface area (Å²) in [4.78, 5) is 13.4. The molecule has 11 heavy (non-hydrogen) atoms. The molecule has 2 heterocycles. The molecule has 0 atom stereocenters. The molecule has 2 aliphatic rings. The summed E-state index contributed by atoms with van der Waals surface area (Å²) in [5, 5.41) is -0.132. The van der Waals surface area contributed by atoms with Gasteiger partial charge in [0.15, 0.2) is 0 Å². The molecule has 2 fully saturated rings. The Morgan fingerprint density at radius 1 is 1.27 bits per heavy atom. The standard InChI is InChI=1S/C8H12ClNO/c9-7(11)8-3-1-5-10(8)6-2-4-8/h1-6H2. The minimum absolute atomic E-state index is 0.132. The van der Waals surface area contributed by atoms with Crippen LogP contribution in [0.1, 0.15) is 25.7 Å². The highest BCUT2D eigenvalue weighted by Gasteiger charge is 2.48. The van der Waals surface area contributed by atoms with E-state index in [0.29, 0.717) is 0 Å². The number of fused-ring (bicyclic) bond motifs is 1. The van der Waals surface area contributed by atoms with Crippen molar-refractivity contribution in [2.75, 3.05) is 13.1 Å². The predicted molar refractivity (Wildman–Crippen MR) is 43.6 cm³/mol. The van der Waals surface area contributed by atoms with Gasteiger partial charge in [-0.3, -0.25) is 9.69 Å². The number of carbonyl (C=O) groups is 1. The second kappa shape index (κ2) is 2.46. The molecule has 0 aliphatic carbocycles. The maximum absolute atomic E-state index is 11.2. The van der Waals surface area contributed by atoms with Crippen molar-refractivity contribution in [1.29, 1.82) is 0 Å². The quantitative estimate of drug-likeness (QED) is 0.559. The zero-order valence-corrected chi connectivity index (χ0v) is 7.23. The first-order chi connectivity index (χ1) is 5.26. The molecule has 0 N–H and O–H groups in total. The maximum atomic E-state index is 11.2. The van der Waals surface area contributed by atoms with Gasteiger partial charge < -0.3 is 0 Å². The third-order valence-corrected chi connectivity index (χ3v) is 3.36. The molecule has 2 saturated heterocycles. The van der Waals surface area contributed by atoms with Gasteiger partial charge >= 0.3 is 0 Å². The lowest BCUT2D eigenvalue weighted by Crippen LogP contribution is -2.43. The summed E-state index contributed by atoms with van der Waals surface area (Å²) < 4.78 is 0. The molecule has 2 aliphatic heterocycles. The van der Waals surface area contributed by atoms with Gasteiger partial charge in [-0.1, -0.05) is 0 Å². The Morgan fingerprint density at radius 2 is 1.82 bits per heavy atom. The highest BCUT2D eigenvalue weighted by molar-refractivity contribution is 6.65. The normalized spacial score (nSPS) is 28.8. The van der Waals surface area contributed by atoms with Gasteiger partial charge in [0, 0.05) is 0 Å². The highest BCUT2D eigenvalue weighted by Crippen LogP contribution is 2.40. The molecule has 0 bridgehead atoms. The van der Waals surface area contributed by atoms with Crippen LogP contribution < -0.4 is 0 Å². The Labute approximate surface area is 71.5 Å². The lowest BCUT2D eigenvalue weighted by atomic mass is 9.96. The smallest absolute Gasteiger partial charge is 0.241 e. The third kappa shape index (κ3) is 0.926. The van der Waals surface area contributed by atoms with E-state index >= 15 is 0 Å². The molecule has 0 saturated carbocycles. The summed E-state index contributed by atoms with van der Waals surface area (Å²) >= 11 is 5.60. The van der Waals surface area contributed by atoms with Crippen molar-refractivity contribution in [3.05, 3.63) is 0 Å². The van der Waals surface area contributed by atoms with E-state index in [-0.39, 0.29) is 10.8 Å². The minimum Gasteiger partial charge on any atom is -0.290 e. The Morgan fingerprint density at radius 3 is 2.18 bits per heavy atom. The van der Waals surface area contributed by atoms with Crippen LogP contribution in [-0.4, -0.2) is 28.8 Å². The van der Waals surface area contributed by atoms with E-state index in [1.54, 1.807) is 0 Å². The molecule has 2 nitrogen and oxygen atoms in total. The molecule has 3 heteroatoms. The molecular weight excluding hydrogens is 162 g/mol. The van der Waals surface area contributed by atoms with Crippen LogP contribution in [0.15, 0.2) is 0 Å². The molecule has 0 aromatic carbocycles. The average Bonchev–Trinajstić information content (AvgIpc) is 2.40. The Kier molecular flexibility index (Phi) is 1.69. The fourth-order valence-electron chi connectivity index (χ4n) is 2.43. The van der Waals surface area contributed by atoms with Gasteiger partial charge in [-0.15, -0.1) is 0 Å². The van der Waals surface area contributed by atoms with Crippen molar-refractivity contribution < 1.29 is 4.79 Å². The number of rotatable bonds is 1. The predicted octanol–water partition coefficient (Wildman–Crippen LogP) is 1.38. The number of hydrogen-bond acceptors (Lipinski definition) is 2. The number of nitrogens with zero attached hydrogens (tertiary/aromatic N) is 1. The van der Waals surface area contributed by atoms with Gasteiger partial charge in [0.1, 0.15) is 0 Å². The molecular formula is C8H12ClNO. The van der Waals surface area contributed by atoms with Crippen LogP contribution in [0.4, 0.5) is 0 Å². The molecule has 2 rings (SSSR count). The summed E-state index contributed by atoms with van der Waals surface area (Å²) in [6.45, 7) is 2.14. The summed E-state index contributed by atoms with van der Waals surface area (Å²) in [7, 11) is 0. The van der Waals surface area contributed by atoms with E-state index in [4.69, 9.17) is 11.6 Å². The van der Waals surface area contributed by atoms with E-state index in [0.717, 1.165) is 38.8 Å². The SMILES string of the molecule is O=C(Cl)C12CCCN1CCC2. The third-order valence-electron chi connectivity index (χ3n) is 3.01. The number of carbonyl (C=O) groups excluding carboxylic acids is 1.